The molecule has 1 aliphatic heterocycles. The lowest BCUT2D eigenvalue weighted by atomic mass is 9.96. The third-order valence-corrected chi connectivity index (χ3v) is 4.68. The van der Waals surface area contributed by atoms with E-state index in [0.29, 0.717) is 0 Å². The van der Waals surface area contributed by atoms with Gasteiger partial charge in [-0.05, 0) is 50.0 Å². The molecule has 18 heavy (non-hydrogen) atoms. The molecule has 1 heterocycles. The summed E-state index contributed by atoms with van der Waals surface area (Å²) in [6.07, 6.45) is 5.68. The Morgan fingerprint density at radius 3 is 2.44 bits per heavy atom. The molecular weight excluding hydrogens is 220 g/mol. The highest BCUT2D eigenvalue weighted by molar-refractivity contribution is 4.95. The van der Waals surface area contributed by atoms with E-state index in [2.05, 4.69) is 37.9 Å². The number of piperazine rings is 1. The summed E-state index contributed by atoms with van der Waals surface area (Å²) in [6.45, 7) is 13.2. The van der Waals surface area contributed by atoms with Crippen LogP contribution in [0.5, 0.6) is 0 Å². The highest BCUT2D eigenvalue weighted by Crippen LogP contribution is 2.34. The number of hydrogen-bond donors (Lipinski definition) is 1. The molecule has 1 aliphatic carbocycles. The van der Waals surface area contributed by atoms with E-state index in [1.165, 1.54) is 45.3 Å². The second-order valence-corrected chi connectivity index (χ2v) is 7.19. The van der Waals surface area contributed by atoms with Crippen LogP contribution in [0.2, 0.25) is 0 Å². The van der Waals surface area contributed by atoms with Crippen LogP contribution in [0.3, 0.4) is 0 Å². The smallest absolute Gasteiger partial charge is 0.0244 e. The maximum absolute atomic E-state index is 3.80. The minimum absolute atomic E-state index is 0.757. The van der Waals surface area contributed by atoms with Crippen molar-refractivity contribution in [1.29, 1.82) is 0 Å². The van der Waals surface area contributed by atoms with Crippen molar-refractivity contribution in [3.05, 3.63) is 0 Å². The maximum Gasteiger partial charge on any atom is 0.0244 e. The Morgan fingerprint density at radius 1 is 1.17 bits per heavy atom. The normalized spacial score (nSPS) is 30.3. The summed E-state index contributed by atoms with van der Waals surface area (Å²) in [5.41, 5.74) is 0. The summed E-state index contributed by atoms with van der Waals surface area (Å²) in [6, 6.07) is 1.55. The van der Waals surface area contributed by atoms with Crippen LogP contribution >= 0.6 is 0 Å². The van der Waals surface area contributed by atoms with Crippen molar-refractivity contribution in [2.75, 3.05) is 19.6 Å². The Hall–Kier alpha value is -0.0800. The average Bonchev–Trinajstić information content (AvgIpc) is 3.11. The van der Waals surface area contributed by atoms with Crippen molar-refractivity contribution in [3.63, 3.8) is 0 Å². The molecule has 0 aromatic heterocycles. The Bertz CT molecular complexity index is 245. The van der Waals surface area contributed by atoms with Crippen molar-refractivity contribution in [1.82, 2.24) is 10.2 Å². The standard InChI is InChI=1S/C16H32N2/c1-12(2)6-5-9-18-11-15(14-7-8-14)17-10-16(18)13(3)4/h12-17H,5-11H2,1-4H3. The molecule has 0 amide bonds. The number of hydrogen-bond acceptors (Lipinski definition) is 2. The molecule has 0 aromatic rings. The van der Waals surface area contributed by atoms with Crippen LogP contribution in [0.4, 0.5) is 0 Å². The van der Waals surface area contributed by atoms with Crippen LogP contribution in [0.15, 0.2) is 0 Å². The molecule has 1 saturated heterocycles. The Labute approximate surface area is 114 Å². The molecule has 106 valence electrons. The van der Waals surface area contributed by atoms with E-state index >= 15 is 0 Å². The first-order valence-electron chi connectivity index (χ1n) is 8.05. The number of rotatable bonds is 6. The van der Waals surface area contributed by atoms with Crippen LogP contribution in [-0.2, 0) is 0 Å². The minimum atomic E-state index is 0.757. The van der Waals surface area contributed by atoms with Gasteiger partial charge in [-0.2, -0.15) is 0 Å². The van der Waals surface area contributed by atoms with Gasteiger partial charge in [0.2, 0.25) is 0 Å². The average molecular weight is 252 g/mol. The van der Waals surface area contributed by atoms with E-state index in [0.717, 1.165) is 29.8 Å². The Balaban J connectivity index is 1.83. The highest BCUT2D eigenvalue weighted by Gasteiger charge is 2.37. The third-order valence-electron chi connectivity index (χ3n) is 4.68. The topological polar surface area (TPSA) is 15.3 Å². The molecular formula is C16H32N2. The number of nitrogens with zero attached hydrogens (tertiary/aromatic N) is 1. The fourth-order valence-corrected chi connectivity index (χ4v) is 3.29. The van der Waals surface area contributed by atoms with E-state index < -0.39 is 0 Å². The van der Waals surface area contributed by atoms with Crippen LogP contribution < -0.4 is 5.32 Å². The molecule has 2 aliphatic rings. The molecule has 0 bridgehead atoms. The fraction of sp³-hybridized carbons (Fsp3) is 1.00. The van der Waals surface area contributed by atoms with Crippen LogP contribution in [0.25, 0.3) is 0 Å². The summed E-state index contributed by atoms with van der Waals surface area (Å²) in [5.74, 6) is 2.62. The van der Waals surface area contributed by atoms with Gasteiger partial charge >= 0.3 is 0 Å². The predicted octanol–water partition coefficient (Wildman–Crippen LogP) is 3.13. The molecule has 1 N–H and O–H groups in total. The van der Waals surface area contributed by atoms with Gasteiger partial charge in [0.05, 0.1) is 0 Å². The Kier molecular flexibility index (Phi) is 5.08. The maximum atomic E-state index is 3.80. The first kappa shape index (κ1) is 14.3. The molecule has 2 unspecified atom stereocenters. The third kappa shape index (κ3) is 3.96. The van der Waals surface area contributed by atoms with Gasteiger partial charge < -0.3 is 5.32 Å². The molecule has 2 fully saturated rings. The van der Waals surface area contributed by atoms with Gasteiger partial charge in [-0.15, -0.1) is 0 Å². The van der Waals surface area contributed by atoms with Gasteiger partial charge in [-0.1, -0.05) is 27.7 Å². The van der Waals surface area contributed by atoms with Crippen molar-refractivity contribution in [2.45, 2.75) is 65.5 Å². The van der Waals surface area contributed by atoms with E-state index in [-0.39, 0.29) is 0 Å². The van der Waals surface area contributed by atoms with E-state index in [4.69, 9.17) is 0 Å². The van der Waals surface area contributed by atoms with Gasteiger partial charge in [-0.25, -0.2) is 0 Å². The predicted molar refractivity (Wildman–Crippen MR) is 78.8 cm³/mol. The Morgan fingerprint density at radius 2 is 1.89 bits per heavy atom. The molecule has 2 rings (SSSR count). The summed E-state index contributed by atoms with van der Waals surface area (Å²) in [7, 11) is 0. The molecule has 1 saturated carbocycles. The molecule has 2 atom stereocenters. The molecule has 0 spiro atoms. The monoisotopic (exact) mass is 252 g/mol. The second-order valence-electron chi connectivity index (χ2n) is 7.19. The minimum Gasteiger partial charge on any atom is -0.311 e. The molecule has 0 radical (unpaired) electrons. The lowest BCUT2D eigenvalue weighted by molar-refractivity contribution is 0.0895. The van der Waals surface area contributed by atoms with Crippen molar-refractivity contribution in [3.8, 4) is 0 Å². The van der Waals surface area contributed by atoms with Crippen LogP contribution in [0.1, 0.15) is 53.4 Å². The van der Waals surface area contributed by atoms with E-state index in [1.807, 2.05) is 0 Å². The second kappa shape index (κ2) is 6.38. The lowest BCUT2D eigenvalue weighted by Crippen LogP contribution is -2.59. The zero-order valence-electron chi connectivity index (χ0n) is 12.8. The first-order valence-corrected chi connectivity index (χ1v) is 8.05. The van der Waals surface area contributed by atoms with Gasteiger partial charge in [-0.3, -0.25) is 4.90 Å². The van der Waals surface area contributed by atoms with Gasteiger partial charge in [0, 0.05) is 25.2 Å². The summed E-state index contributed by atoms with van der Waals surface area (Å²) < 4.78 is 0. The highest BCUT2D eigenvalue weighted by atomic mass is 15.2. The molecule has 0 aromatic carbocycles. The first-order chi connectivity index (χ1) is 8.58. The van der Waals surface area contributed by atoms with Crippen molar-refractivity contribution < 1.29 is 0 Å². The summed E-state index contributed by atoms with van der Waals surface area (Å²) in [4.78, 5) is 2.78. The van der Waals surface area contributed by atoms with Gasteiger partial charge in [0.1, 0.15) is 0 Å². The largest absolute Gasteiger partial charge is 0.311 e. The number of nitrogens with one attached hydrogen (secondary N) is 1. The van der Waals surface area contributed by atoms with Gasteiger partial charge in [0.15, 0.2) is 0 Å². The van der Waals surface area contributed by atoms with Crippen LogP contribution in [0, 0.1) is 17.8 Å². The molecule has 2 heteroatoms. The SMILES string of the molecule is CC(C)CCCN1CC(C2CC2)NCC1C(C)C. The zero-order valence-corrected chi connectivity index (χ0v) is 12.8. The van der Waals surface area contributed by atoms with Crippen molar-refractivity contribution >= 4 is 0 Å². The fourth-order valence-electron chi connectivity index (χ4n) is 3.29. The van der Waals surface area contributed by atoms with Gasteiger partial charge in [0.25, 0.3) is 0 Å². The summed E-state index contributed by atoms with van der Waals surface area (Å²) in [5, 5.41) is 3.80. The van der Waals surface area contributed by atoms with E-state index in [1.54, 1.807) is 0 Å². The quantitative estimate of drug-likeness (QED) is 0.781. The zero-order chi connectivity index (χ0) is 13.1. The van der Waals surface area contributed by atoms with Crippen LogP contribution in [-0.4, -0.2) is 36.6 Å². The van der Waals surface area contributed by atoms with Crippen molar-refractivity contribution in [2.24, 2.45) is 17.8 Å². The van der Waals surface area contributed by atoms with E-state index in [9.17, 15) is 0 Å². The lowest BCUT2D eigenvalue weighted by Gasteiger charge is -2.43. The molecule has 2 nitrogen and oxygen atoms in total. The summed E-state index contributed by atoms with van der Waals surface area (Å²) >= 11 is 0.